The van der Waals surface area contributed by atoms with E-state index in [9.17, 15) is 4.79 Å². The van der Waals surface area contributed by atoms with E-state index in [0.29, 0.717) is 25.5 Å². The zero-order chi connectivity index (χ0) is 17.8. The third-order valence-corrected chi connectivity index (χ3v) is 5.18. The summed E-state index contributed by atoms with van der Waals surface area (Å²) in [7, 11) is 0. The van der Waals surface area contributed by atoms with Crippen molar-refractivity contribution >= 4 is 11.6 Å². The maximum Gasteiger partial charge on any atom is 0.274 e. The van der Waals surface area contributed by atoms with Gasteiger partial charge in [0.1, 0.15) is 5.69 Å². The number of amides is 1. The van der Waals surface area contributed by atoms with E-state index in [2.05, 4.69) is 25.9 Å². The van der Waals surface area contributed by atoms with Gasteiger partial charge >= 0.3 is 0 Å². The van der Waals surface area contributed by atoms with Crippen LogP contribution >= 0.6 is 0 Å². The van der Waals surface area contributed by atoms with Crippen molar-refractivity contribution in [2.24, 2.45) is 5.41 Å². The fraction of sp³-hybridized carbons (Fsp3) is 0.474. The van der Waals surface area contributed by atoms with Crippen LogP contribution in [0.3, 0.4) is 0 Å². The summed E-state index contributed by atoms with van der Waals surface area (Å²) in [5, 5.41) is 0. The molecule has 4 heterocycles. The normalized spacial score (nSPS) is 23.7. The maximum absolute atomic E-state index is 12.8. The number of ether oxygens (including phenoxy) is 1. The first-order valence-electron chi connectivity index (χ1n) is 9.04. The Balaban J connectivity index is 1.53. The fourth-order valence-electron chi connectivity index (χ4n) is 3.95. The summed E-state index contributed by atoms with van der Waals surface area (Å²) < 4.78 is 5.95. The molecule has 2 saturated heterocycles. The lowest BCUT2D eigenvalue weighted by molar-refractivity contribution is 0.0133. The van der Waals surface area contributed by atoms with Gasteiger partial charge < -0.3 is 14.5 Å². The second kappa shape index (κ2) is 7.37. The molecule has 0 aliphatic carbocycles. The highest BCUT2D eigenvalue weighted by Gasteiger charge is 2.40. The molecule has 2 aromatic rings. The lowest BCUT2D eigenvalue weighted by Gasteiger charge is -2.43. The first kappa shape index (κ1) is 16.9. The molecule has 1 atom stereocenters. The van der Waals surface area contributed by atoms with Crippen molar-refractivity contribution < 1.29 is 9.53 Å². The standard InChI is InChI=1S/C19H23N5O2/c25-18(17-12-21-6-7-22-17)24-8-2-4-19(14-24)13-23(9-10-26-15-19)16-3-1-5-20-11-16/h1,3,5-7,11-12H,2,4,8-10,13-15H2/t19-/m0/s1. The molecule has 7 heteroatoms. The molecule has 7 nitrogen and oxygen atoms in total. The molecule has 2 aliphatic heterocycles. The molecule has 0 saturated carbocycles. The lowest BCUT2D eigenvalue weighted by atomic mass is 9.80. The van der Waals surface area contributed by atoms with Gasteiger partial charge in [-0.15, -0.1) is 0 Å². The van der Waals surface area contributed by atoms with Crippen LogP contribution in [0.1, 0.15) is 23.3 Å². The minimum atomic E-state index is -0.0670. The Morgan fingerprint density at radius 2 is 2.04 bits per heavy atom. The van der Waals surface area contributed by atoms with E-state index in [1.165, 1.54) is 6.20 Å². The van der Waals surface area contributed by atoms with Crippen LogP contribution in [0, 0.1) is 5.41 Å². The molecule has 136 valence electrons. The number of carbonyl (C=O) groups is 1. The second-order valence-electron chi connectivity index (χ2n) is 7.11. The highest BCUT2D eigenvalue weighted by Crippen LogP contribution is 2.34. The number of hydrogen-bond acceptors (Lipinski definition) is 6. The Hall–Kier alpha value is -2.54. The van der Waals surface area contributed by atoms with Gasteiger partial charge in [0.2, 0.25) is 0 Å². The zero-order valence-corrected chi connectivity index (χ0v) is 14.8. The average molecular weight is 353 g/mol. The molecular weight excluding hydrogens is 330 g/mol. The summed E-state index contributed by atoms with van der Waals surface area (Å²) in [6.45, 7) is 4.50. The molecule has 2 aromatic heterocycles. The van der Waals surface area contributed by atoms with Crippen molar-refractivity contribution in [1.82, 2.24) is 19.9 Å². The molecule has 1 amide bonds. The molecule has 0 aromatic carbocycles. The van der Waals surface area contributed by atoms with Crippen molar-refractivity contribution in [2.45, 2.75) is 12.8 Å². The summed E-state index contributed by atoms with van der Waals surface area (Å²) in [6, 6.07) is 4.04. The molecular formula is C19H23N5O2. The Labute approximate surface area is 153 Å². The van der Waals surface area contributed by atoms with Crippen LogP contribution in [0.5, 0.6) is 0 Å². The topological polar surface area (TPSA) is 71.5 Å². The number of rotatable bonds is 2. The minimum Gasteiger partial charge on any atom is -0.379 e. The van der Waals surface area contributed by atoms with Gasteiger partial charge in [0.25, 0.3) is 5.91 Å². The molecule has 26 heavy (non-hydrogen) atoms. The predicted molar refractivity (Wildman–Crippen MR) is 96.9 cm³/mol. The van der Waals surface area contributed by atoms with Crippen LogP contribution in [-0.2, 0) is 4.74 Å². The predicted octanol–water partition coefficient (Wildman–Crippen LogP) is 1.63. The highest BCUT2D eigenvalue weighted by atomic mass is 16.5. The molecule has 1 spiro atoms. The average Bonchev–Trinajstić information content (AvgIpc) is 2.91. The largest absolute Gasteiger partial charge is 0.379 e. The third kappa shape index (κ3) is 3.53. The van der Waals surface area contributed by atoms with E-state index in [0.717, 1.165) is 38.2 Å². The Bertz CT molecular complexity index is 742. The second-order valence-corrected chi connectivity index (χ2v) is 7.11. The SMILES string of the molecule is O=C(c1cnccn1)N1CCC[C@@]2(COCCN(c3cccnc3)C2)C1. The molecule has 2 fully saturated rings. The quantitative estimate of drug-likeness (QED) is 0.817. The highest BCUT2D eigenvalue weighted by molar-refractivity contribution is 5.92. The van der Waals surface area contributed by atoms with E-state index in [-0.39, 0.29) is 11.3 Å². The van der Waals surface area contributed by atoms with Gasteiger partial charge in [0.05, 0.1) is 31.3 Å². The van der Waals surface area contributed by atoms with Gasteiger partial charge in [0.15, 0.2) is 0 Å². The van der Waals surface area contributed by atoms with Crippen LogP contribution < -0.4 is 4.90 Å². The van der Waals surface area contributed by atoms with Gasteiger partial charge in [-0.1, -0.05) is 0 Å². The summed E-state index contributed by atoms with van der Waals surface area (Å²) in [6.07, 6.45) is 10.4. The number of anilines is 1. The van der Waals surface area contributed by atoms with Crippen molar-refractivity contribution in [3.8, 4) is 0 Å². The Morgan fingerprint density at radius 3 is 2.85 bits per heavy atom. The first-order valence-corrected chi connectivity index (χ1v) is 9.04. The van der Waals surface area contributed by atoms with Crippen molar-refractivity contribution in [3.05, 3.63) is 48.8 Å². The molecule has 0 N–H and O–H groups in total. The zero-order valence-electron chi connectivity index (χ0n) is 14.8. The van der Waals surface area contributed by atoms with E-state index in [4.69, 9.17) is 4.74 Å². The number of carbonyl (C=O) groups excluding carboxylic acids is 1. The number of piperidine rings is 1. The van der Waals surface area contributed by atoms with Gasteiger partial charge in [-0.25, -0.2) is 4.98 Å². The molecule has 2 aliphatic rings. The van der Waals surface area contributed by atoms with Gasteiger partial charge in [-0.2, -0.15) is 0 Å². The van der Waals surface area contributed by atoms with Crippen LogP contribution in [0.25, 0.3) is 0 Å². The Kier molecular flexibility index (Phi) is 4.79. The number of hydrogen-bond donors (Lipinski definition) is 0. The minimum absolute atomic E-state index is 0.0469. The summed E-state index contributed by atoms with van der Waals surface area (Å²) in [4.78, 5) is 29.5. The maximum atomic E-state index is 12.8. The van der Waals surface area contributed by atoms with Crippen LogP contribution in [0.2, 0.25) is 0 Å². The smallest absolute Gasteiger partial charge is 0.274 e. The number of pyridine rings is 1. The Morgan fingerprint density at radius 1 is 1.12 bits per heavy atom. The van der Waals surface area contributed by atoms with Crippen molar-refractivity contribution in [1.29, 1.82) is 0 Å². The van der Waals surface area contributed by atoms with Crippen LogP contribution in [0.15, 0.2) is 43.1 Å². The van der Waals surface area contributed by atoms with Gasteiger partial charge in [0, 0.05) is 50.2 Å². The monoisotopic (exact) mass is 353 g/mol. The molecule has 0 unspecified atom stereocenters. The number of likely N-dealkylation sites (tertiary alicyclic amines) is 1. The number of nitrogens with zero attached hydrogens (tertiary/aromatic N) is 5. The lowest BCUT2D eigenvalue weighted by Crippen LogP contribution is -2.52. The molecule has 0 radical (unpaired) electrons. The molecule has 0 bridgehead atoms. The summed E-state index contributed by atoms with van der Waals surface area (Å²) >= 11 is 0. The molecule has 4 rings (SSSR count). The summed E-state index contributed by atoms with van der Waals surface area (Å²) in [5.74, 6) is -0.0469. The first-order chi connectivity index (χ1) is 12.8. The van der Waals surface area contributed by atoms with Gasteiger partial charge in [-0.3, -0.25) is 14.8 Å². The van der Waals surface area contributed by atoms with E-state index in [1.807, 2.05) is 17.2 Å². The van der Waals surface area contributed by atoms with Crippen LogP contribution in [0.4, 0.5) is 5.69 Å². The van der Waals surface area contributed by atoms with Gasteiger partial charge in [-0.05, 0) is 25.0 Å². The third-order valence-electron chi connectivity index (χ3n) is 5.18. The fourth-order valence-corrected chi connectivity index (χ4v) is 3.95. The number of aromatic nitrogens is 3. The van der Waals surface area contributed by atoms with E-state index in [1.54, 1.807) is 18.6 Å². The van der Waals surface area contributed by atoms with Crippen LogP contribution in [-0.4, -0.2) is 65.2 Å². The van der Waals surface area contributed by atoms with Crippen molar-refractivity contribution in [3.63, 3.8) is 0 Å². The van der Waals surface area contributed by atoms with E-state index < -0.39 is 0 Å². The summed E-state index contributed by atoms with van der Waals surface area (Å²) in [5.41, 5.74) is 1.44. The van der Waals surface area contributed by atoms with Crippen molar-refractivity contribution in [2.75, 3.05) is 44.3 Å². The van der Waals surface area contributed by atoms with E-state index >= 15 is 0 Å².